The van der Waals surface area contributed by atoms with E-state index in [1.807, 2.05) is 0 Å². The van der Waals surface area contributed by atoms with E-state index in [2.05, 4.69) is 20.8 Å². The van der Waals surface area contributed by atoms with E-state index in [4.69, 9.17) is 16.7 Å². The van der Waals surface area contributed by atoms with Crippen LogP contribution in [-0.4, -0.2) is 46.1 Å². The lowest BCUT2D eigenvalue weighted by Crippen LogP contribution is -2.32. The quantitative estimate of drug-likeness (QED) is 0.484. The first-order valence-corrected chi connectivity index (χ1v) is 8.52. The molecular formula is C15H15ClN4O4S. The molecule has 1 aromatic carbocycles. The van der Waals surface area contributed by atoms with Crippen molar-refractivity contribution in [2.24, 2.45) is 10.2 Å². The molecule has 3 N–H and O–H groups in total. The number of thioether (sulfide) groups is 1. The van der Waals surface area contributed by atoms with Crippen LogP contribution in [0.15, 0.2) is 34.5 Å². The zero-order valence-corrected chi connectivity index (χ0v) is 14.5. The molecule has 0 aromatic heterocycles. The predicted octanol–water partition coefficient (Wildman–Crippen LogP) is 1.24. The highest BCUT2D eigenvalue weighted by Gasteiger charge is 2.32. The summed E-state index contributed by atoms with van der Waals surface area (Å²) in [5, 5.41) is 21.6. The number of nitrogens with one attached hydrogen (secondary N) is 2. The summed E-state index contributed by atoms with van der Waals surface area (Å²) >= 11 is 6.89. The minimum atomic E-state index is -0.999. The number of amides is 2. The van der Waals surface area contributed by atoms with Crippen molar-refractivity contribution in [2.45, 2.75) is 18.1 Å². The molecule has 1 heterocycles. The summed E-state index contributed by atoms with van der Waals surface area (Å²) in [6.07, 6.45) is 1.29. The van der Waals surface area contributed by atoms with Crippen LogP contribution < -0.4 is 10.6 Å². The second-order valence-corrected chi connectivity index (χ2v) is 6.62. The number of benzene rings is 1. The van der Waals surface area contributed by atoms with Crippen LogP contribution in [-0.2, 0) is 14.4 Å². The van der Waals surface area contributed by atoms with Gasteiger partial charge in [0.05, 0.1) is 12.6 Å². The molecule has 1 aromatic rings. The number of amidine groups is 1. The number of halogens is 1. The summed E-state index contributed by atoms with van der Waals surface area (Å²) in [6, 6.07) is 7.00. The molecule has 2 rings (SSSR count). The van der Waals surface area contributed by atoms with Crippen LogP contribution in [0.4, 0.5) is 0 Å². The summed E-state index contributed by atoms with van der Waals surface area (Å²) in [6.45, 7) is 0.0273. The molecule has 0 spiro atoms. The van der Waals surface area contributed by atoms with Gasteiger partial charge in [-0.15, -0.1) is 5.10 Å². The maximum atomic E-state index is 11.8. The number of carboxylic acid groups (broad SMARTS) is 1. The standard InChI is InChI=1S/C15H15ClN4O4S/c16-10-3-1-9(2-4-10)8-18-20-15-19-14(24)11(25-15)7-12(21)17-6-5-13(22)23/h1-4,8,11H,5-7H2,(H,17,21)(H,22,23)(H,19,20,24). The molecule has 8 nitrogen and oxygen atoms in total. The molecule has 0 aliphatic carbocycles. The number of carbonyl (C=O) groups is 3. The van der Waals surface area contributed by atoms with Crippen molar-refractivity contribution in [3.63, 3.8) is 0 Å². The Kier molecular flexibility index (Phi) is 6.96. The Bertz CT molecular complexity index is 721. The molecule has 0 radical (unpaired) electrons. The zero-order chi connectivity index (χ0) is 18.2. The molecule has 132 valence electrons. The fraction of sp³-hybridized carbons (Fsp3) is 0.267. The normalized spacial score (nSPS) is 18.5. The van der Waals surface area contributed by atoms with Crippen LogP contribution in [0, 0.1) is 0 Å². The van der Waals surface area contributed by atoms with Crippen LogP contribution in [0.1, 0.15) is 18.4 Å². The number of nitrogens with zero attached hydrogens (tertiary/aromatic N) is 2. The fourth-order valence-corrected chi connectivity index (χ4v) is 2.88. The molecule has 0 saturated carbocycles. The monoisotopic (exact) mass is 382 g/mol. The van der Waals surface area contributed by atoms with Gasteiger partial charge in [0.1, 0.15) is 5.25 Å². The second kappa shape index (κ2) is 9.19. The van der Waals surface area contributed by atoms with E-state index in [-0.39, 0.29) is 31.2 Å². The molecular weight excluding hydrogens is 368 g/mol. The van der Waals surface area contributed by atoms with Gasteiger partial charge < -0.3 is 15.7 Å². The fourth-order valence-electron chi connectivity index (χ4n) is 1.83. The van der Waals surface area contributed by atoms with Crippen molar-refractivity contribution in [3.05, 3.63) is 34.9 Å². The lowest BCUT2D eigenvalue weighted by atomic mass is 10.2. The predicted molar refractivity (Wildman–Crippen MR) is 95.9 cm³/mol. The smallest absolute Gasteiger partial charge is 0.305 e. The van der Waals surface area contributed by atoms with E-state index in [9.17, 15) is 14.4 Å². The number of hydrogen-bond donors (Lipinski definition) is 3. The van der Waals surface area contributed by atoms with Gasteiger partial charge in [-0.2, -0.15) is 5.10 Å². The van der Waals surface area contributed by atoms with Gasteiger partial charge >= 0.3 is 5.97 Å². The van der Waals surface area contributed by atoms with Crippen LogP contribution in [0.5, 0.6) is 0 Å². The molecule has 25 heavy (non-hydrogen) atoms. The summed E-state index contributed by atoms with van der Waals surface area (Å²) in [5.41, 5.74) is 0.803. The third-order valence-corrected chi connectivity index (χ3v) is 4.36. The van der Waals surface area contributed by atoms with Crippen LogP contribution in [0.3, 0.4) is 0 Å². The number of rotatable bonds is 7. The van der Waals surface area contributed by atoms with Crippen LogP contribution in [0.25, 0.3) is 0 Å². The van der Waals surface area contributed by atoms with Gasteiger partial charge in [-0.25, -0.2) is 0 Å². The Morgan fingerprint density at radius 2 is 2.08 bits per heavy atom. The SMILES string of the molecule is O=C(O)CCNC(=O)CC1SC(=NN=Cc2ccc(Cl)cc2)NC1=O. The molecule has 1 aliphatic rings. The lowest BCUT2D eigenvalue weighted by Gasteiger charge is -2.05. The third-order valence-electron chi connectivity index (χ3n) is 3.03. The van der Waals surface area contributed by atoms with Crippen molar-refractivity contribution in [3.8, 4) is 0 Å². The van der Waals surface area contributed by atoms with Crippen LogP contribution >= 0.6 is 23.4 Å². The van der Waals surface area contributed by atoms with Gasteiger partial charge in [0.15, 0.2) is 5.17 Å². The molecule has 0 bridgehead atoms. The second-order valence-electron chi connectivity index (χ2n) is 4.99. The molecule has 1 aliphatic heterocycles. The van der Waals surface area contributed by atoms with Crippen molar-refractivity contribution in [1.29, 1.82) is 0 Å². The molecule has 1 unspecified atom stereocenters. The number of carbonyl (C=O) groups excluding carboxylic acids is 2. The van der Waals surface area contributed by atoms with Gasteiger partial charge in [0, 0.05) is 18.0 Å². The first-order chi connectivity index (χ1) is 11.9. The average molecular weight is 383 g/mol. The van der Waals surface area contributed by atoms with Gasteiger partial charge in [0.25, 0.3) is 0 Å². The van der Waals surface area contributed by atoms with E-state index in [1.165, 1.54) is 6.21 Å². The minimum Gasteiger partial charge on any atom is -0.481 e. The largest absolute Gasteiger partial charge is 0.481 e. The maximum Gasteiger partial charge on any atom is 0.305 e. The van der Waals surface area contributed by atoms with Crippen molar-refractivity contribution < 1.29 is 19.5 Å². The van der Waals surface area contributed by atoms with E-state index >= 15 is 0 Å². The van der Waals surface area contributed by atoms with Gasteiger partial charge in [0.2, 0.25) is 11.8 Å². The summed E-state index contributed by atoms with van der Waals surface area (Å²) in [5.74, 6) is -1.72. The Labute approximate surface area is 152 Å². The van der Waals surface area contributed by atoms with Crippen molar-refractivity contribution >= 4 is 52.5 Å². The first-order valence-electron chi connectivity index (χ1n) is 7.26. The molecule has 1 fully saturated rings. The maximum absolute atomic E-state index is 11.8. The number of carboxylic acids is 1. The Morgan fingerprint density at radius 1 is 1.36 bits per heavy atom. The van der Waals surface area contributed by atoms with Crippen LogP contribution in [0.2, 0.25) is 5.02 Å². The highest BCUT2D eigenvalue weighted by molar-refractivity contribution is 8.15. The van der Waals surface area contributed by atoms with Gasteiger partial charge in [-0.3, -0.25) is 14.4 Å². The summed E-state index contributed by atoms with van der Waals surface area (Å²) < 4.78 is 0. The Hall–Kier alpha value is -2.39. The number of hydrogen-bond acceptors (Lipinski definition) is 6. The highest BCUT2D eigenvalue weighted by Crippen LogP contribution is 2.22. The lowest BCUT2D eigenvalue weighted by molar-refractivity contribution is -0.137. The molecule has 1 saturated heterocycles. The average Bonchev–Trinajstić information content (AvgIpc) is 2.88. The number of aliphatic carboxylic acids is 1. The van der Waals surface area contributed by atoms with Crippen molar-refractivity contribution in [1.82, 2.24) is 10.6 Å². The van der Waals surface area contributed by atoms with E-state index < -0.39 is 11.2 Å². The van der Waals surface area contributed by atoms with Crippen molar-refractivity contribution in [2.75, 3.05) is 6.54 Å². The highest BCUT2D eigenvalue weighted by atomic mass is 35.5. The first kappa shape index (κ1) is 18.9. The van der Waals surface area contributed by atoms with Gasteiger partial charge in [-0.05, 0) is 17.7 Å². The van der Waals surface area contributed by atoms with Gasteiger partial charge in [-0.1, -0.05) is 35.5 Å². The Morgan fingerprint density at radius 3 is 2.76 bits per heavy atom. The summed E-state index contributed by atoms with van der Waals surface area (Å²) in [4.78, 5) is 33.9. The summed E-state index contributed by atoms with van der Waals surface area (Å²) in [7, 11) is 0. The van der Waals surface area contributed by atoms with E-state index in [0.717, 1.165) is 17.3 Å². The topological polar surface area (TPSA) is 120 Å². The Balaban J connectivity index is 1.83. The third kappa shape index (κ3) is 6.55. The molecule has 1 atom stereocenters. The molecule has 10 heteroatoms. The minimum absolute atomic E-state index is 0.0273. The molecule has 2 amide bonds. The zero-order valence-electron chi connectivity index (χ0n) is 12.9. The van der Waals surface area contributed by atoms with E-state index in [0.29, 0.717) is 10.2 Å². The van der Waals surface area contributed by atoms with E-state index in [1.54, 1.807) is 24.3 Å².